The maximum absolute atomic E-state index is 6.33. The highest BCUT2D eigenvalue weighted by molar-refractivity contribution is 5.15. The quantitative estimate of drug-likeness (QED) is 0.436. The fourth-order valence-corrected chi connectivity index (χ4v) is 3.79. The predicted octanol–water partition coefficient (Wildman–Crippen LogP) is 4.75. The van der Waals surface area contributed by atoms with E-state index in [1.165, 1.54) is 0 Å². The average Bonchev–Trinajstić information content (AvgIpc) is 3.19. The van der Waals surface area contributed by atoms with Gasteiger partial charge in [0, 0.05) is 7.11 Å². The lowest BCUT2D eigenvalue weighted by Gasteiger charge is -2.24. The molecule has 5 nitrogen and oxygen atoms in total. The predicted molar refractivity (Wildman–Crippen MR) is 122 cm³/mol. The molecule has 3 aromatic rings. The van der Waals surface area contributed by atoms with Crippen molar-refractivity contribution in [1.29, 1.82) is 0 Å². The van der Waals surface area contributed by atoms with Crippen molar-refractivity contribution in [2.75, 3.05) is 13.7 Å². The van der Waals surface area contributed by atoms with Crippen LogP contribution in [-0.2, 0) is 43.5 Å². The molecule has 1 aliphatic heterocycles. The van der Waals surface area contributed by atoms with Gasteiger partial charge in [-0.2, -0.15) is 0 Å². The molecular weight excluding hydrogens is 404 g/mol. The second kappa shape index (κ2) is 11.9. The molecule has 0 aliphatic carbocycles. The van der Waals surface area contributed by atoms with Crippen molar-refractivity contribution in [3.8, 4) is 0 Å². The minimum Gasteiger partial charge on any atom is -0.374 e. The molecule has 0 amide bonds. The third kappa shape index (κ3) is 6.25. The van der Waals surface area contributed by atoms with Crippen molar-refractivity contribution in [2.24, 2.45) is 0 Å². The smallest absolute Gasteiger partial charge is 0.186 e. The summed E-state index contributed by atoms with van der Waals surface area (Å²) in [6, 6.07) is 30.3. The summed E-state index contributed by atoms with van der Waals surface area (Å²) in [6.07, 6.45) is -1.51. The van der Waals surface area contributed by atoms with Crippen molar-refractivity contribution in [2.45, 2.75) is 44.4 Å². The molecule has 0 aromatic heterocycles. The lowest BCUT2D eigenvalue weighted by Crippen LogP contribution is -2.39. The lowest BCUT2D eigenvalue weighted by atomic mass is 10.1. The van der Waals surface area contributed by atoms with Crippen LogP contribution in [0, 0.1) is 0 Å². The highest BCUT2D eigenvalue weighted by atomic mass is 16.7. The Hall–Kier alpha value is -2.54. The zero-order valence-electron chi connectivity index (χ0n) is 18.3. The fourth-order valence-electron chi connectivity index (χ4n) is 3.79. The Morgan fingerprint density at radius 2 is 1.09 bits per heavy atom. The number of rotatable bonds is 11. The minimum atomic E-state index is -0.523. The summed E-state index contributed by atoms with van der Waals surface area (Å²) in [7, 11) is 1.63. The van der Waals surface area contributed by atoms with Crippen LogP contribution in [0.1, 0.15) is 16.7 Å². The van der Waals surface area contributed by atoms with Crippen LogP contribution in [-0.4, -0.2) is 38.3 Å². The first-order valence-corrected chi connectivity index (χ1v) is 10.9. The first-order valence-electron chi connectivity index (χ1n) is 10.9. The molecule has 0 spiro atoms. The minimum absolute atomic E-state index is 0.298. The van der Waals surface area contributed by atoms with E-state index in [-0.39, 0.29) is 18.3 Å². The van der Waals surface area contributed by atoms with E-state index in [4.69, 9.17) is 23.7 Å². The molecule has 4 rings (SSSR count). The standard InChI is InChI=1S/C27H30O5/c1-28-27-26(31-19-23-15-9-4-10-16-23)25(30-18-22-13-7-3-8-14-22)24(32-27)20-29-17-21-11-5-2-6-12-21/h2-16,24-27H,17-20H2,1H3/t24-,25-,26-,27+/m1/s1. The maximum atomic E-state index is 6.33. The van der Waals surface area contributed by atoms with Crippen LogP contribution in [0.3, 0.4) is 0 Å². The average molecular weight is 435 g/mol. The van der Waals surface area contributed by atoms with Gasteiger partial charge in [0.15, 0.2) is 6.29 Å². The van der Waals surface area contributed by atoms with Gasteiger partial charge in [0.25, 0.3) is 0 Å². The van der Waals surface area contributed by atoms with Gasteiger partial charge in [-0.05, 0) is 16.7 Å². The summed E-state index contributed by atoms with van der Waals surface area (Å²) in [5.41, 5.74) is 3.31. The molecular formula is C27H30O5. The van der Waals surface area contributed by atoms with Crippen molar-refractivity contribution in [3.05, 3.63) is 108 Å². The van der Waals surface area contributed by atoms with E-state index >= 15 is 0 Å². The van der Waals surface area contributed by atoms with Crippen molar-refractivity contribution in [3.63, 3.8) is 0 Å². The second-order valence-corrected chi connectivity index (χ2v) is 7.80. The summed E-state index contributed by atoms with van der Waals surface area (Å²) < 4.78 is 30.3. The van der Waals surface area contributed by atoms with Gasteiger partial charge in [-0.1, -0.05) is 91.0 Å². The van der Waals surface area contributed by atoms with Gasteiger partial charge >= 0.3 is 0 Å². The van der Waals surface area contributed by atoms with Crippen LogP contribution in [0.2, 0.25) is 0 Å². The van der Waals surface area contributed by atoms with E-state index in [1.807, 2.05) is 91.0 Å². The highest BCUT2D eigenvalue weighted by Crippen LogP contribution is 2.29. The molecule has 3 aromatic carbocycles. The summed E-state index contributed by atoms with van der Waals surface area (Å²) in [4.78, 5) is 0. The Balaban J connectivity index is 1.42. The Kier molecular flexibility index (Phi) is 8.42. The number of hydrogen-bond donors (Lipinski definition) is 0. The van der Waals surface area contributed by atoms with Gasteiger partial charge in [0.1, 0.15) is 18.3 Å². The van der Waals surface area contributed by atoms with Crippen LogP contribution in [0.25, 0.3) is 0 Å². The summed E-state index contributed by atoms with van der Waals surface area (Å²) in [5.74, 6) is 0. The van der Waals surface area contributed by atoms with E-state index in [2.05, 4.69) is 0 Å². The van der Waals surface area contributed by atoms with E-state index in [9.17, 15) is 0 Å². The van der Waals surface area contributed by atoms with Gasteiger partial charge in [-0.15, -0.1) is 0 Å². The first-order chi connectivity index (χ1) is 15.8. The fraction of sp³-hybridized carbons (Fsp3) is 0.333. The van der Waals surface area contributed by atoms with Gasteiger partial charge in [0.05, 0.1) is 26.4 Å². The number of ether oxygens (including phenoxy) is 5. The molecule has 5 heteroatoms. The van der Waals surface area contributed by atoms with Gasteiger partial charge in [-0.25, -0.2) is 0 Å². The molecule has 0 bridgehead atoms. The van der Waals surface area contributed by atoms with Gasteiger partial charge in [0.2, 0.25) is 0 Å². The molecule has 0 unspecified atom stereocenters. The number of benzene rings is 3. The van der Waals surface area contributed by atoms with Crippen LogP contribution in [0.4, 0.5) is 0 Å². The SMILES string of the molecule is CO[C@H]1O[C@H](COCc2ccccc2)[C@@H](OCc2ccccc2)[C@H]1OCc1ccccc1. The molecule has 1 aliphatic rings. The van der Waals surface area contributed by atoms with Crippen LogP contribution in [0.5, 0.6) is 0 Å². The third-order valence-corrected chi connectivity index (χ3v) is 5.46. The van der Waals surface area contributed by atoms with Crippen molar-refractivity contribution >= 4 is 0 Å². The topological polar surface area (TPSA) is 46.2 Å². The van der Waals surface area contributed by atoms with E-state index in [1.54, 1.807) is 7.11 Å². The molecule has 0 saturated carbocycles. The van der Waals surface area contributed by atoms with Crippen LogP contribution >= 0.6 is 0 Å². The van der Waals surface area contributed by atoms with Crippen molar-refractivity contribution in [1.82, 2.24) is 0 Å². The number of methoxy groups -OCH3 is 1. The highest BCUT2D eigenvalue weighted by Gasteiger charge is 2.46. The zero-order valence-corrected chi connectivity index (χ0v) is 18.3. The lowest BCUT2D eigenvalue weighted by molar-refractivity contribution is -0.170. The molecule has 1 fully saturated rings. The molecule has 32 heavy (non-hydrogen) atoms. The van der Waals surface area contributed by atoms with Crippen LogP contribution in [0.15, 0.2) is 91.0 Å². The second-order valence-electron chi connectivity index (χ2n) is 7.80. The van der Waals surface area contributed by atoms with E-state index in [0.717, 1.165) is 16.7 Å². The molecule has 0 N–H and O–H groups in total. The Morgan fingerprint density at radius 1 is 0.625 bits per heavy atom. The normalized spacial score (nSPS) is 22.8. The largest absolute Gasteiger partial charge is 0.374 e. The van der Waals surface area contributed by atoms with Gasteiger partial charge < -0.3 is 23.7 Å². The summed E-state index contributed by atoms with van der Waals surface area (Å²) >= 11 is 0. The third-order valence-electron chi connectivity index (χ3n) is 5.46. The van der Waals surface area contributed by atoms with Crippen LogP contribution < -0.4 is 0 Å². The molecule has 1 saturated heterocycles. The molecule has 168 valence electrons. The first kappa shape index (κ1) is 22.6. The maximum Gasteiger partial charge on any atom is 0.186 e. The summed E-state index contributed by atoms with van der Waals surface area (Å²) in [6.45, 7) is 1.82. The van der Waals surface area contributed by atoms with Gasteiger partial charge in [-0.3, -0.25) is 0 Å². The Morgan fingerprint density at radius 3 is 1.59 bits per heavy atom. The molecule has 1 heterocycles. The molecule has 0 radical (unpaired) electrons. The van der Waals surface area contributed by atoms with E-state index in [0.29, 0.717) is 26.4 Å². The zero-order chi connectivity index (χ0) is 22.0. The monoisotopic (exact) mass is 434 g/mol. The van der Waals surface area contributed by atoms with Crippen molar-refractivity contribution < 1.29 is 23.7 Å². The Bertz CT molecular complexity index is 903. The van der Waals surface area contributed by atoms with E-state index < -0.39 is 6.29 Å². The summed E-state index contributed by atoms with van der Waals surface area (Å²) in [5, 5.41) is 0. The number of hydrogen-bond acceptors (Lipinski definition) is 5. The molecule has 4 atom stereocenters. The Labute approximate surface area is 189 Å².